The van der Waals surface area contributed by atoms with Crippen LogP contribution in [0.25, 0.3) is 10.8 Å². The quantitative estimate of drug-likeness (QED) is 0.564. The van der Waals surface area contributed by atoms with Crippen molar-refractivity contribution in [1.29, 1.82) is 0 Å². The van der Waals surface area contributed by atoms with Crippen LogP contribution >= 0.6 is 0 Å². The van der Waals surface area contributed by atoms with Crippen molar-refractivity contribution in [2.75, 3.05) is 6.61 Å². The fraction of sp³-hybridized carbons (Fsp3) is 0.333. The lowest BCUT2D eigenvalue weighted by Crippen LogP contribution is -2.50. The minimum absolute atomic E-state index is 0.105. The van der Waals surface area contributed by atoms with Crippen molar-refractivity contribution in [2.24, 2.45) is 0 Å². The van der Waals surface area contributed by atoms with E-state index in [1.807, 2.05) is 72.8 Å². The summed E-state index contributed by atoms with van der Waals surface area (Å²) in [6.07, 6.45) is 4.31. The van der Waals surface area contributed by atoms with Crippen LogP contribution in [0.5, 0.6) is 5.75 Å². The maximum absolute atomic E-state index is 13.3. The molecule has 0 bridgehead atoms. The maximum atomic E-state index is 13.3. The fourth-order valence-electron chi connectivity index (χ4n) is 4.30. The lowest BCUT2D eigenvalue weighted by molar-refractivity contribution is -0.142. The molecule has 3 aromatic rings. The highest BCUT2D eigenvalue weighted by Gasteiger charge is 2.28. The van der Waals surface area contributed by atoms with Gasteiger partial charge in [-0.15, -0.1) is 0 Å². The minimum Gasteiger partial charge on any atom is -0.483 e. The maximum Gasteiger partial charge on any atom is 0.261 e. The van der Waals surface area contributed by atoms with E-state index in [9.17, 15) is 9.59 Å². The van der Waals surface area contributed by atoms with Crippen LogP contribution in [-0.4, -0.2) is 35.4 Å². The monoisotopic (exact) mass is 430 g/mol. The standard InChI is InChI=1S/C27H30N2O3/c1-20(27(31)28-23-14-6-7-15-23)29(18-21-10-3-2-4-11-21)26(30)19-32-25-17-9-13-22-12-5-8-16-24(22)25/h2-5,8-13,16-17,20,23H,6-7,14-15,18-19H2,1H3,(H,28,31)/t20-/m0/s1. The molecule has 2 amide bonds. The van der Waals surface area contributed by atoms with Gasteiger partial charge in [0.25, 0.3) is 5.91 Å². The first-order chi connectivity index (χ1) is 15.6. The molecule has 1 aliphatic carbocycles. The molecule has 5 heteroatoms. The first kappa shape index (κ1) is 21.9. The second-order valence-corrected chi connectivity index (χ2v) is 8.44. The Morgan fingerprint density at radius 2 is 1.66 bits per heavy atom. The molecule has 32 heavy (non-hydrogen) atoms. The molecule has 4 rings (SSSR count). The molecule has 0 unspecified atom stereocenters. The Labute approximate surface area is 189 Å². The average molecular weight is 431 g/mol. The number of ether oxygens (including phenoxy) is 1. The third kappa shape index (κ3) is 5.28. The highest BCUT2D eigenvalue weighted by molar-refractivity contribution is 5.90. The predicted octanol–water partition coefficient (Wildman–Crippen LogP) is 4.69. The van der Waals surface area contributed by atoms with Gasteiger partial charge in [0.2, 0.25) is 5.91 Å². The van der Waals surface area contributed by atoms with E-state index < -0.39 is 6.04 Å². The molecule has 1 saturated carbocycles. The van der Waals surface area contributed by atoms with Crippen molar-refractivity contribution in [3.05, 3.63) is 78.4 Å². The number of fused-ring (bicyclic) bond motifs is 1. The number of benzene rings is 3. The Balaban J connectivity index is 1.48. The van der Waals surface area contributed by atoms with E-state index in [-0.39, 0.29) is 24.5 Å². The van der Waals surface area contributed by atoms with Crippen LogP contribution in [0.1, 0.15) is 38.2 Å². The van der Waals surface area contributed by atoms with Crippen molar-refractivity contribution >= 4 is 22.6 Å². The molecule has 166 valence electrons. The van der Waals surface area contributed by atoms with Gasteiger partial charge < -0.3 is 15.0 Å². The van der Waals surface area contributed by atoms with E-state index in [1.54, 1.807) is 11.8 Å². The van der Waals surface area contributed by atoms with Crippen molar-refractivity contribution in [3.8, 4) is 5.75 Å². The van der Waals surface area contributed by atoms with Crippen molar-refractivity contribution < 1.29 is 14.3 Å². The largest absolute Gasteiger partial charge is 0.483 e. The van der Waals surface area contributed by atoms with Gasteiger partial charge in [-0.3, -0.25) is 9.59 Å². The molecule has 1 fully saturated rings. The fourth-order valence-corrected chi connectivity index (χ4v) is 4.30. The van der Waals surface area contributed by atoms with Gasteiger partial charge in [0, 0.05) is 18.0 Å². The van der Waals surface area contributed by atoms with Gasteiger partial charge in [-0.2, -0.15) is 0 Å². The molecule has 1 atom stereocenters. The molecule has 0 saturated heterocycles. The van der Waals surface area contributed by atoms with Crippen LogP contribution in [-0.2, 0) is 16.1 Å². The zero-order chi connectivity index (χ0) is 22.3. The average Bonchev–Trinajstić information content (AvgIpc) is 3.34. The second kappa shape index (κ2) is 10.3. The first-order valence-corrected chi connectivity index (χ1v) is 11.4. The molecular formula is C27H30N2O3. The summed E-state index contributed by atoms with van der Waals surface area (Å²) >= 11 is 0. The predicted molar refractivity (Wildman–Crippen MR) is 126 cm³/mol. The lowest BCUT2D eigenvalue weighted by Gasteiger charge is -2.29. The molecule has 0 heterocycles. The molecule has 1 N–H and O–H groups in total. The summed E-state index contributed by atoms with van der Waals surface area (Å²) in [5.74, 6) is 0.348. The highest BCUT2D eigenvalue weighted by Crippen LogP contribution is 2.25. The smallest absolute Gasteiger partial charge is 0.261 e. The van der Waals surface area contributed by atoms with Crippen LogP contribution in [0.2, 0.25) is 0 Å². The van der Waals surface area contributed by atoms with E-state index in [4.69, 9.17) is 4.74 Å². The third-order valence-corrected chi connectivity index (χ3v) is 6.17. The first-order valence-electron chi connectivity index (χ1n) is 11.4. The number of carbonyl (C=O) groups excluding carboxylic acids is 2. The molecule has 5 nitrogen and oxygen atoms in total. The number of hydrogen-bond donors (Lipinski definition) is 1. The van der Waals surface area contributed by atoms with Crippen molar-refractivity contribution in [3.63, 3.8) is 0 Å². The summed E-state index contributed by atoms with van der Waals surface area (Å²) in [6, 6.07) is 23.1. The zero-order valence-electron chi connectivity index (χ0n) is 18.5. The van der Waals surface area contributed by atoms with Gasteiger partial charge in [-0.25, -0.2) is 0 Å². The topological polar surface area (TPSA) is 58.6 Å². The van der Waals surface area contributed by atoms with E-state index in [0.29, 0.717) is 12.3 Å². The van der Waals surface area contributed by atoms with E-state index in [1.165, 1.54) is 0 Å². The number of hydrogen-bond acceptors (Lipinski definition) is 3. The lowest BCUT2D eigenvalue weighted by atomic mass is 10.1. The SMILES string of the molecule is C[C@@H](C(=O)NC1CCCC1)N(Cc1ccccc1)C(=O)COc1cccc2ccccc12. The van der Waals surface area contributed by atoms with Gasteiger partial charge in [-0.05, 0) is 36.8 Å². The Morgan fingerprint density at radius 1 is 0.969 bits per heavy atom. The number of rotatable bonds is 8. The minimum atomic E-state index is -0.584. The van der Waals surface area contributed by atoms with Gasteiger partial charge in [0.1, 0.15) is 11.8 Å². The number of nitrogens with one attached hydrogen (secondary N) is 1. The van der Waals surface area contributed by atoms with Crippen LogP contribution in [0, 0.1) is 0 Å². The molecular weight excluding hydrogens is 400 g/mol. The third-order valence-electron chi connectivity index (χ3n) is 6.17. The summed E-state index contributed by atoms with van der Waals surface area (Å²) in [5, 5.41) is 5.14. The number of carbonyl (C=O) groups is 2. The van der Waals surface area contributed by atoms with Crippen LogP contribution in [0.3, 0.4) is 0 Å². The molecule has 0 spiro atoms. The Bertz CT molecular complexity index is 1060. The van der Waals surface area contributed by atoms with Crippen LogP contribution in [0.15, 0.2) is 72.8 Å². The summed E-state index contributed by atoms with van der Waals surface area (Å²) in [6.45, 7) is 2.03. The Hall–Kier alpha value is -3.34. The molecule has 0 aliphatic heterocycles. The number of amides is 2. The number of nitrogens with zero attached hydrogens (tertiary/aromatic N) is 1. The van der Waals surface area contributed by atoms with Crippen molar-refractivity contribution in [1.82, 2.24) is 10.2 Å². The van der Waals surface area contributed by atoms with Gasteiger partial charge >= 0.3 is 0 Å². The summed E-state index contributed by atoms with van der Waals surface area (Å²) in [4.78, 5) is 27.8. The van der Waals surface area contributed by atoms with Crippen LogP contribution in [0.4, 0.5) is 0 Å². The Morgan fingerprint density at radius 3 is 2.44 bits per heavy atom. The Kier molecular flexibility index (Phi) is 7.05. The second-order valence-electron chi connectivity index (χ2n) is 8.44. The molecule has 0 radical (unpaired) electrons. The van der Waals surface area contributed by atoms with E-state index in [2.05, 4.69) is 5.32 Å². The van der Waals surface area contributed by atoms with Crippen LogP contribution < -0.4 is 10.1 Å². The molecule has 1 aliphatic rings. The van der Waals surface area contributed by atoms with Gasteiger partial charge in [-0.1, -0.05) is 79.6 Å². The summed E-state index contributed by atoms with van der Waals surface area (Å²) in [5.41, 5.74) is 0.978. The molecule has 0 aromatic heterocycles. The van der Waals surface area contributed by atoms with E-state index >= 15 is 0 Å². The normalized spacial score (nSPS) is 14.8. The van der Waals surface area contributed by atoms with Gasteiger partial charge in [0.05, 0.1) is 0 Å². The molecule has 3 aromatic carbocycles. The highest BCUT2D eigenvalue weighted by atomic mass is 16.5. The summed E-state index contributed by atoms with van der Waals surface area (Å²) < 4.78 is 5.94. The zero-order valence-corrected chi connectivity index (χ0v) is 18.5. The summed E-state index contributed by atoms with van der Waals surface area (Å²) in [7, 11) is 0. The van der Waals surface area contributed by atoms with E-state index in [0.717, 1.165) is 42.0 Å². The van der Waals surface area contributed by atoms with Gasteiger partial charge in [0.15, 0.2) is 6.61 Å². The van der Waals surface area contributed by atoms with Crippen molar-refractivity contribution in [2.45, 2.75) is 51.2 Å².